The highest BCUT2D eigenvalue weighted by atomic mass is 16.5. The minimum absolute atomic E-state index is 0.0540. The number of methoxy groups -OCH3 is 1. The minimum atomic E-state index is -0.0540. The molecule has 1 aliphatic heterocycles. The molecule has 0 amide bonds. The average Bonchev–Trinajstić information content (AvgIpc) is 2.53. The first kappa shape index (κ1) is 16.7. The number of nitrogens with zero attached hydrogens (tertiary/aromatic N) is 1. The van der Waals surface area contributed by atoms with Crippen molar-refractivity contribution in [1.82, 2.24) is 4.90 Å². The molecular weight excluding hydrogens is 300 g/mol. The Morgan fingerprint density at radius 2 is 1.67 bits per heavy atom. The zero-order valence-electron chi connectivity index (χ0n) is 14.9. The molecule has 0 spiro atoms. The Labute approximate surface area is 144 Å². The van der Waals surface area contributed by atoms with Crippen LogP contribution in [-0.4, -0.2) is 31.2 Å². The van der Waals surface area contributed by atoms with Crippen molar-refractivity contribution in [3.8, 4) is 11.5 Å². The van der Waals surface area contributed by atoms with Gasteiger partial charge in [-0.3, -0.25) is 4.90 Å². The van der Waals surface area contributed by atoms with Crippen molar-refractivity contribution in [3.63, 3.8) is 0 Å². The molecule has 0 aromatic heterocycles. The maximum absolute atomic E-state index is 6.08. The van der Waals surface area contributed by atoms with E-state index in [1.807, 2.05) is 31.2 Å². The number of ether oxygens (including phenoxy) is 2. The topological polar surface area (TPSA) is 47.7 Å². The van der Waals surface area contributed by atoms with E-state index in [1.54, 1.807) is 7.11 Å². The number of likely N-dealkylation sites (tertiary alicyclic amines) is 1. The van der Waals surface area contributed by atoms with Crippen LogP contribution in [0.5, 0.6) is 11.5 Å². The van der Waals surface area contributed by atoms with Crippen LogP contribution < -0.4 is 15.2 Å². The van der Waals surface area contributed by atoms with E-state index in [0.29, 0.717) is 0 Å². The fourth-order valence-corrected chi connectivity index (χ4v) is 3.02. The molecule has 128 valence electrons. The summed E-state index contributed by atoms with van der Waals surface area (Å²) in [5, 5.41) is 0. The van der Waals surface area contributed by atoms with Gasteiger partial charge in [-0.1, -0.05) is 12.1 Å². The number of benzene rings is 2. The molecule has 4 heteroatoms. The quantitative estimate of drug-likeness (QED) is 0.853. The Morgan fingerprint density at radius 3 is 2.25 bits per heavy atom. The first-order valence-corrected chi connectivity index (χ1v) is 8.32. The number of rotatable bonds is 5. The highest BCUT2D eigenvalue weighted by Gasteiger charge is 2.39. The van der Waals surface area contributed by atoms with Crippen LogP contribution in [0.3, 0.4) is 0 Å². The molecule has 3 rings (SSSR count). The number of nitrogen functional groups attached to an aromatic ring is 1. The predicted molar refractivity (Wildman–Crippen MR) is 97.6 cm³/mol. The lowest BCUT2D eigenvalue weighted by Gasteiger charge is -2.49. The van der Waals surface area contributed by atoms with Gasteiger partial charge < -0.3 is 15.2 Å². The number of hydrogen-bond donors (Lipinski definition) is 1. The molecule has 0 aliphatic carbocycles. The van der Waals surface area contributed by atoms with Gasteiger partial charge >= 0.3 is 0 Å². The first-order chi connectivity index (χ1) is 11.4. The summed E-state index contributed by atoms with van der Waals surface area (Å²) in [5.41, 5.74) is 9.24. The van der Waals surface area contributed by atoms with Crippen molar-refractivity contribution >= 4 is 5.69 Å². The first-order valence-electron chi connectivity index (χ1n) is 8.32. The minimum Gasteiger partial charge on any atom is -0.497 e. The van der Waals surface area contributed by atoms with Crippen LogP contribution in [0.4, 0.5) is 5.69 Å². The van der Waals surface area contributed by atoms with Gasteiger partial charge in [-0.15, -0.1) is 0 Å². The smallest absolute Gasteiger partial charge is 0.124 e. The molecule has 0 bridgehead atoms. The lowest BCUT2D eigenvalue weighted by atomic mass is 9.88. The van der Waals surface area contributed by atoms with Gasteiger partial charge in [0, 0.05) is 24.3 Å². The largest absolute Gasteiger partial charge is 0.497 e. The molecule has 1 saturated heterocycles. The second-order valence-electron chi connectivity index (χ2n) is 6.95. The molecule has 2 aromatic rings. The molecular formula is C20H26N2O2. The fraction of sp³-hybridized carbons (Fsp3) is 0.400. The van der Waals surface area contributed by atoms with E-state index in [0.717, 1.165) is 35.8 Å². The summed E-state index contributed by atoms with van der Waals surface area (Å²) >= 11 is 0. The molecule has 1 heterocycles. The number of aryl methyl sites for hydroxylation is 1. The second-order valence-corrected chi connectivity index (χ2v) is 6.95. The number of anilines is 1. The third kappa shape index (κ3) is 3.20. The van der Waals surface area contributed by atoms with Gasteiger partial charge in [-0.2, -0.15) is 0 Å². The maximum Gasteiger partial charge on any atom is 0.124 e. The molecule has 1 fully saturated rings. The summed E-state index contributed by atoms with van der Waals surface area (Å²) in [6.07, 6.45) is 0.223. The van der Waals surface area contributed by atoms with Gasteiger partial charge in [0.1, 0.15) is 17.6 Å². The van der Waals surface area contributed by atoms with Crippen LogP contribution in [0.15, 0.2) is 42.5 Å². The molecule has 0 radical (unpaired) electrons. The van der Waals surface area contributed by atoms with Crippen LogP contribution in [0.1, 0.15) is 25.0 Å². The van der Waals surface area contributed by atoms with E-state index in [9.17, 15) is 0 Å². The van der Waals surface area contributed by atoms with Gasteiger partial charge in [0.05, 0.1) is 7.11 Å². The Morgan fingerprint density at radius 1 is 1.04 bits per heavy atom. The Bertz CT molecular complexity index is 704. The van der Waals surface area contributed by atoms with E-state index in [2.05, 4.69) is 36.9 Å². The second kappa shape index (κ2) is 6.36. The van der Waals surface area contributed by atoms with Crippen LogP contribution in [0, 0.1) is 6.92 Å². The van der Waals surface area contributed by atoms with E-state index in [4.69, 9.17) is 15.2 Å². The summed E-state index contributed by atoms with van der Waals surface area (Å²) in [6, 6.07) is 14.1. The van der Waals surface area contributed by atoms with Crippen molar-refractivity contribution < 1.29 is 9.47 Å². The highest BCUT2D eigenvalue weighted by molar-refractivity contribution is 5.49. The summed E-state index contributed by atoms with van der Waals surface area (Å²) in [5.74, 6) is 1.73. The van der Waals surface area contributed by atoms with Crippen molar-refractivity contribution in [3.05, 3.63) is 53.6 Å². The van der Waals surface area contributed by atoms with Crippen molar-refractivity contribution in [1.29, 1.82) is 0 Å². The van der Waals surface area contributed by atoms with E-state index in [-0.39, 0.29) is 11.6 Å². The standard InChI is InChI=1S/C20H26N2O2/c1-14-5-6-15(11-19(14)21)20(2,3)22-12-18(13-22)24-17-9-7-16(23-4)8-10-17/h5-11,18H,12-13,21H2,1-4H3. The molecule has 2 N–H and O–H groups in total. The normalized spacial score (nSPS) is 15.8. The summed E-state index contributed by atoms with van der Waals surface area (Å²) < 4.78 is 11.2. The SMILES string of the molecule is COc1ccc(OC2CN(C(C)(C)c3ccc(C)c(N)c3)C2)cc1. The molecule has 24 heavy (non-hydrogen) atoms. The number of hydrogen-bond acceptors (Lipinski definition) is 4. The van der Waals surface area contributed by atoms with Crippen LogP contribution >= 0.6 is 0 Å². The van der Waals surface area contributed by atoms with E-state index in [1.165, 1.54) is 5.56 Å². The van der Waals surface area contributed by atoms with Gasteiger partial charge in [-0.25, -0.2) is 0 Å². The summed E-state index contributed by atoms with van der Waals surface area (Å²) in [7, 11) is 1.67. The van der Waals surface area contributed by atoms with Crippen molar-refractivity contribution in [2.75, 3.05) is 25.9 Å². The molecule has 1 aliphatic rings. The van der Waals surface area contributed by atoms with Gasteiger partial charge in [0.25, 0.3) is 0 Å². The zero-order chi connectivity index (χ0) is 17.3. The molecule has 4 nitrogen and oxygen atoms in total. The number of nitrogens with two attached hydrogens (primary N) is 1. The van der Waals surface area contributed by atoms with E-state index >= 15 is 0 Å². The van der Waals surface area contributed by atoms with Crippen LogP contribution in [-0.2, 0) is 5.54 Å². The third-order valence-electron chi connectivity index (χ3n) is 4.99. The zero-order valence-corrected chi connectivity index (χ0v) is 14.9. The Balaban J connectivity index is 1.61. The van der Waals surface area contributed by atoms with Crippen molar-refractivity contribution in [2.45, 2.75) is 32.4 Å². The Kier molecular flexibility index (Phi) is 4.41. The van der Waals surface area contributed by atoms with Crippen LogP contribution in [0.2, 0.25) is 0 Å². The van der Waals surface area contributed by atoms with Gasteiger partial charge in [0.2, 0.25) is 0 Å². The van der Waals surface area contributed by atoms with Gasteiger partial charge in [-0.05, 0) is 62.2 Å². The molecule has 2 aromatic carbocycles. The third-order valence-corrected chi connectivity index (χ3v) is 4.99. The molecule has 0 atom stereocenters. The Hall–Kier alpha value is -2.20. The van der Waals surface area contributed by atoms with Crippen LogP contribution in [0.25, 0.3) is 0 Å². The molecule has 0 saturated carbocycles. The van der Waals surface area contributed by atoms with E-state index < -0.39 is 0 Å². The fourth-order valence-electron chi connectivity index (χ4n) is 3.02. The monoisotopic (exact) mass is 326 g/mol. The maximum atomic E-state index is 6.08. The lowest BCUT2D eigenvalue weighted by Crippen LogP contribution is -2.60. The summed E-state index contributed by atoms with van der Waals surface area (Å²) in [6.45, 7) is 8.33. The van der Waals surface area contributed by atoms with Crippen molar-refractivity contribution in [2.24, 2.45) is 0 Å². The predicted octanol–water partition coefficient (Wildman–Crippen LogP) is 3.58. The summed E-state index contributed by atoms with van der Waals surface area (Å²) in [4.78, 5) is 2.42. The highest BCUT2D eigenvalue weighted by Crippen LogP contribution is 2.34. The lowest BCUT2D eigenvalue weighted by molar-refractivity contribution is -0.0445. The molecule has 0 unspecified atom stereocenters. The average molecular weight is 326 g/mol. The van der Waals surface area contributed by atoms with Gasteiger partial charge in [0.15, 0.2) is 0 Å².